The van der Waals surface area contributed by atoms with Crippen LogP contribution in [0.25, 0.3) is 0 Å². The average molecular weight is 262 g/mol. The van der Waals surface area contributed by atoms with E-state index in [0.717, 1.165) is 31.7 Å². The van der Waals surface area contributed by atoms with Gasteiger partial charge >= 0.3 is 0 Å². The van der Waals surface area contributed by atoms with Crippen LogP contribution in [0.15, 0.2) is 22.8 Å². The van der Waals surface area contributed by atoms with Gasteiger partial charge in [-0.05, 0) is 56.8 Å². The normalized spacial score (nSPS) is 23.3. The molecule has 4 heteroatoms. The molecule has 1 aromatic rings. The molecule has 0 radical (unpaired) electrons. The van der Waals surface area contributed by atoms with E-state index in [1.54, 1.807) is 6.26 Å². The smallest absolute Gasteiger partial charge is 0.223 e. The third-order valence-corrected chi connectivity index (χ3v) is 4.08. The lowest BCUT2D eigenvalue weighted by Gasteiger charge is -2.26. The first kappa shape index (κ1) is 12.7. The molecule has 1 unspecified atom stereocenters. The number of carbonyl (C=O) groups excluding carboxylic acids is 1. The number of carbonyl (C=O) groups is 1. The minimum atomic E-state index is 0.299. The molecule has 19 heavy (non-hydrogen) atoms. The summed E-state index contributed by atoms with van der Waals surface area (Å²) in [5, 5.41) is 3.38. The molecule has 1 aliphatic carbocycles. The predicted molar refractivity (Wildman–Crippen MR) is 72.5 cm³/mol. The highest BCUT2D eigenvalue weighted by atomic mass is 16.3. The number of nitrogens with one attached hydrogen (secondary N) is 1. The molecule has 104 valence electrons. The maximum atomic E-state index is 12.5. The molecule has 0 aromatic carbocycles. The highest BCUT2D eigenvalue weighted by Gasteiger charge is 2.33. The van der Waals surface area contributed by atoms with Crippen molar-refractivity contribution >= 4 is 5.91 Å². The number of nitrogens with zero attached hydrogens (tertiary/aromatic N) is 1. The van der Waals surface area contributed by atoms with E-state index in [0.29, 0.717) is 30.8 Å². The Hall–Kier alpha value is -1.29. The summed E-state index contributed by atoms with van der Waals surface area (Å²) in [5.41, 5.74) is 0. The van der Waals surface area contributed by atoms with Gasteiger partial charge in [-0.25, -0.2) is 0 Å². The number of amides is 1. The Balaban J connectivity index is 1.57. The van der Waals surface area contributed by atoms with Gasteiger partial charge in [-0.15, -0.1) is 0 Å². The molecule has 1 aromatic heterocycles. The summed E-state index contributed by atoms with van der Waals surface area (Å²) in [6.45, 7) is 2.73. The van der Waals surface area contributed by atoms with Gasteiger partial charge in [0.05, 0.1) is 12.8 Å². The monoisotopic (exact) mass is 262 g/mol. The number of piperidine rings is 1. The van der Waals surface area contributed by atoms with Crippen molar-refractivity contribution < 1.29 is 9.21 Å². The molecule has 1 atom stereocenters. The highest BCUT2D eigenvalue weighted by molar-refractivity contribution is 5.77. The van der Waals surface area contributed by atoms with Crippen LogP contribution in [0, 0.1) is 5.92 Å². The Morgan fingerprint density at radius 1 is 1.42 bits per heavy atom. The maximum absolute atomic E-state index is 12.5. The molecular weight excluding hydrogens is 240 g/mol. The van der Waals surface area contributed by atoms with Crippen LogP contribution in [-0.4, -0.2) is 29.9 Å². The van der Waals surface area contributed by atoms with Gasteiger partial charge in [-0.1, -0.05) is 0 Å². The Morgan fingerprint density at radius 3 is 2.95 bits per heavy atom. The molecule has 2 fully saturated rings. The highest BCUT2D eigenvalue weighted by Crippen LogP contribution is 2.30. The van der Waals surface area contributed by atoms with Crippen molar-refractivity contribution in [2.45, 2.75) is 44.7 Å². The third kappa shape index (κ3) is 3.38. The minimum Gasteiger partial charge on any atom is -0.467 e. The zero-order valence-electron chi connectivity index (χ0n) is 11.3. The van der Waals surface area contributed by atoms with Gasteiger partial charge in [0.1, 0.15) is 5.76 Å². The molecule has 1 amide bonds. The molecule has 0 bridgehead atoms. The molecule has 4 nitrogen and oxygen atoms in total. The largest absolute Gasteiger partial charge is 0.467 e. The summed E-state index contributed by atoms with van der Waals surface area (Å²) in [4.78, 5) is 14.5. The van der Waals surface area contributed by atoms with E-state index in [-0.39, 0.29) is 0 Å². The fourth-order valence-electron chi connectivity index (χ4n) is 2.84. The van der Waals surface area contributed by atoms with Crippen molar-refractivity contribution in [3.8, 4) is 0 Å². The maximum Gasteiger partial charge on any atom is 0.223 e. The molecule has 1 aliphatic heterocycles. The first-order valence-corrected chi connectivity index (χ1v) is 7.35. The van der Waals surface area contributed by atoms with Crippen LogP contribution in [-0.2, 0) is 11.3 Å². The van der Waals surface area contributed by atoms with Crippen LogP contribution in [0.1, 0.15) is 37.9 Å². The second kappa shape index (κ2) is 5.78. The van der Waals surface area contributed by atoms with Gasteiger partial charge in [0, 0.05) is 12.5 Å². The van der Waals surface area contributed by atoms with Crippen LogP contribution in [0.3, 0.4) is 0 Å². The van der Waals surface area contributed by atoms with Crippen LogP contribution in [0.2, 0.25) is 0 Å². The van der Waals surface area contributed by atoms with Crippen molar-refractivity contribution in [3.63, 3.8) is 0 Å². The lowest BCUT2D eigenvalue weighted by atomic mass is 9.95. The van der Waals surface area contributed by atoms with Crippen LogP contribution < -0.4 is 5.32 Å². The van der Waals surface area contributed by atoms with E-state index in [2.05, 4.69) is 5.32 Å². The summed E-state index contributed by atoms with van der Waals surface area (Å²) in [6.07, 6.45) is 7.03. The molecule has 3 rings (SSSR count). The molecule has 1 saturated heterocycles. The van der Waals surface area contributed by atoms with Crippen molar-refractivity contribution in [2.75, 3.05) is 13.1 Å². The van der Waals surface area contributed by atoms with Gasteiger partial charge in [-0.2, -0.15) is 0 Å². The standard InChI is InChI=1S/C15H22N2O2/c18-15(9-12-3-1-7-16-10-12)17(13-5-6-13)11-14-4-2-8-19-14/h2,4,8,12-13,16H,1,3,5-7,9-11H2. The number of hydrogen-bond donors (Lipinski definition) is 1. The summed E-state index contributed by atoms with van der Waals surface area (Å²) >= 11 is 0. The SMILES string of the molecule is O=C(CC1CCCNC1)N(Cc1ccco1)C1CC1. The number of furan rings is 1. The second-order valence-corrected chi connectivity index (χ2v) is 5.75. The van der Waals surface area contributed by atoms with Crippen molar-refractivity contribution in [1.82, 2.24) is 10.2 Å². The van der Waals surface area contributed by atoms with Gasteiger partial charge < -0.3 is 14.6 Å². The lowest BCUT2D eigenvalue weighted by Crippen LogP contribution is -2.37. The molecular formula is C15H22N2O2. The third-order valence-electron chi connectivity index (χ3n) is 4.08. The lowest BCUT2D eigenvalue weighted by molar-refractivity contribution is -0.133. The Labute approximate surface area is 114 Å². The van der Waals surface area contributed by atoms with Crippen molar-refractivity contribution in [2.24, 2.45) is 5.92 Å². The summed E-state index contributed by atoms with van der Waals surface area (Å²) in [5.74, 6) is 1.70. The van der Waals surface area contributed by atoms with E-state index < -0.39 is 0 Å². The first-order valence-electron chi connectivity index (χ1n) is 7.35. The summed E-state index contributed by atoms with van der Waals surface area (Å²) < 4.78 is 5.38. The van der Waals surface area contributed by atoms with E-state index in [9.17, 15) is 4.79 Å². The van der Waals surface area contributed by atoms with Crippen molar-refractivity contribution in [3.05, 3.63) is 24.2 Å². The second-order valence-electron chi connectivity index (χ2n) is 5.75. The number of rotatable bonds is 5. The van der Waals surface area contributed by atoms with Crippen LogP contribution >= 0.6 is 0 Å². The van der Waals surface area contributed by atoms with E-state index >= 15 is 0 Å². The Kier molecular flexibility index (Phi) is 3.87. The van der Waals surface area contributed by atoms with Gasteiger partial charge in [0.25, 0.3) is 0 Å². The van der Waals surface area contributed by atoms with Gasteiger partial charge in [-0.3, -0.25) is 4.79 Å². The zero-order valence-corrected chi connectivity index (χ0v) is 11.3. The molecule has 1 saturated carbocycles. The predicted octanol–water partition coefficient (Wildman–Crippen LogP) is 2.16. The zero-order chi connectivity index (χ0) is 13.1. The quantitative estimate of drug-likeness (QED) is 0.884. The average Bonchev–Trinajstić information content (AvgIpc) is 3.14. The fourth-order valence-corrected chi connectivity index (χ4v) is 2.84. The minimum absolute atomic E-state index is 0.299. The molecule has 1 N–H and O–H groups in total. The van der Waals surface area contributed by atoms with E-state index in [1.807, 2.05) is 17.0 Å². The topological polar surface area (TPSA) is 45.5 Å². The van der Waals surface area contributed by atoms with Crippen LogP contribution in [0.5, 0.6) is 0 Å². The first-order chi connectivity index (χ1) is 9.33. The van der Waals surface area contributed by atoms with E-state index in [4.69, 9.17) is 4.42 Å². The molecule has 2 aliphatic rings. The summed E-state index contributed by atoms with van der Waals surface area (Å²) in [6, 6.07) is 4.29. The molecule has 0 spiro atoms. The molecule has 2 heterocycles. The van der Waals surface area contributed by atoms with Crippen LogP contribution in [0.4, 0.5) is 0 Å². The van der Waals surface area contributed by atoms with E-state index in [1.165, 1.54) is 12.8 Å². The Bertz CT molecular complexity index is 406. The van der Waals surface area contributed by atoms with Gasteiger partial charge in [0.15, 0.2) is 0 Å². The van der Waals surface area contributed by atoms with Crippen molar-refractivity contribution in [1.29, 1.82) is 0 Å². The van der Waals surface area contributed by atoms with Gasteiger partial charge in [0.2, 0.25) is 5.91 Å². The number of hydrogen-bond acceptors (Lipinski definition) is 3. The summed E-state index contributed by atoms with van der Waals surface area (Å²) in [7, 11) is 0. The Morgan fingerprint density at radius 2 is 2.32 bits per heavy atom. The fraction of sp³-hybridized carbons (Fsp3) is 0.667.